The minimum atomic E-state index is -4.63. The van der Waals surface area contributed by atoms with Gasteiger partial charge in [-0.2, -0.15) is 0 Å². The number of hydrogen-bond donors (Lipinski definition) is 3. The van der Waals surface area contributed by atoms with E-state index in [-0.39, 0.29) is 13.0 Å². The summed E-state index contributed by atoms with van der Waals surface area (Å²) in [7, 11) is -4.63. The smallest absolute Gasteiger partial charge is 0.472 e. The van der Waals surface area contributed by atoms with Crippen molar-refractivity contribution in [3.05, 3.63) is 72.9 Å². The fraction of sp³-hybridized carbons (Fsp3) is 0.708. The summed E-state index contributed by atoms with van der Waals surface area (Å²) in [5.74, 6) is -1.80. The number of carbonyl (C=O) groups is 2. The van der Waals surface area contributed by atoms with Crippen LogP contribution in [0.25, 0.3) is 0 Å². The van der Waals surface area contributed by atoms with Crippen molar-refractivity contribution in [3.63, 3.8) is 0 Å². The molecule has 0 aromatic carbocycles. The minimum absolute atomic E-state index is 0.00267. The van der Waals surface area contributed by atoms with E-state index >= 15 is 0 Å². The largest absolute Gasteiger partial charge is 0.480 e. The lowest BCUT2D eigenvalue weighted by Crippen LogP contribution is -2.34. The van der Waals surface area contributed by atoms with E-state index < -0.39 is 45.1 Å². The molecule has 0 saturated heterocycles. The van der Waals surface area contributed by atoms with Crippen LogP contribution in [0.5, 0.6) is 0 Å². The molecular formula is C48H84NO9P. The molecule has 0 saturated carbocycles. The van der Waals surface area contributed by atoms with Gasteiger partial charge in [0, 0.05) is 13.0 Å². The summed E-state index contributed by atoms with van der Waals surface area (Å²) >= 11 is 0. The minimum Gasteiger partial charge on any atom is -0.480 e. The number of phosphoric acid groups is 1. The van der Waals surface area contributed by atoms with E-state index in [4.69, 9.17) is 29.4 Å². The molecule has 0 bridgehead atoms. The van der Waals surface area contributed by atoms with E-state index in [0.29, 0.717) is 13.0 Å². The summed E-state index contributed by atoms with van der Waals surface area (Å²) in [5, 5.41) is 8.91. The third kappa shape index (κ3) is 43.3. The number of allylic oxidation sites excluding steroid dienone is 12. The van der Waals surface area contributed by atoms with Gasteiger partial charge in [-0.25, -0.2) is 4.57 Å². The fourth-order valence-electron chi connectivity index (χ4n) is 5.92. The molecule has 0 radical (unpaired) electrons. The standard InChI is InChI=1S/C48H84NO9P/c1-3-5-7-9-11-13-15-17-19-21-23-24-26-28-30-32-34-36-38-40-47(50)58-45(43-56-59(53,54)57-44-46(49)48(51)52)42-55-41-39-37-35-33-31-29-27-25-22-20-18-16-14-12-10-8-6-4-2/h6,8,11-14,17-20,23-24,45-46H,3-5,7,9-10,15-16,21-22,25-44,49H2,1-2H3,(H,51,52)(H,53,54)/b8-6-,13-11-,14-12-,19-17-,20-18-,24-23-. The predicted molar refractivity (Wildman–Crippen MR) is 244 cm³/mol. The Hall–Kier alpha value is -2.59. The van der Waals surface area contributed by atoms with E-state index in [1.165, 1.54) is 57.8 Å². The van der Waals surface area contributed by atoms with Gasteiger partial charge in [0.05, 0.1) is 19.8 Å². The summed E-state index contributed by atoms with van der Waals surface area (Å²) in [6.07, 6.45) is 53.7. The van der Waals surface area contributed by atoms with E-state index in [9.17, 15) is 19.0 Å². The molecule has 0 heterocycles. The Morgan fingerprint density at radius 1 is 0.559 bits per heavy atom. The Balaban J connectivity index is 4.26. The number of phosphoric ester groups is 1. The number of ether oxygens (including phenoxy) is 2. The number of carboxylic acids is 1. The normalized spacial score (nSPS) is 14.5. The van der Waals surface area contributed by atoms with Crippen LogP contribution >= 0.6 is 7.82 Å². The molecule has 0 rings (SSSR count). The van der Waals surface area contributed by atoms with Gasteiger partial charge in [0.15, 0.2) is 0 Å². The molecule has 0 aliphatic carbocycles. The van der Waals surface area contributed by atoms with E-state index in [0.717, 1.165) is 96.3 Å². The summed E-state index contributed by atoms with van der Waals surface area (Å²) in [6, 6.07) is -1.48. The molecule has 340 valence electrons. The van der Waals surface area contributed by atoms with Crippen LogP contribution in [0.15, 0.2) is 72.9 Å². The van der Waals surface area contributed by atoms with Gasteiger partial charge in [-0.1, -0.05) is 164 Å². The average molecular weight is 850 g/mol. The van der Waals surface area contributed by atoms with Crippen LogP contribution < -0.4 is 5.73 Å². The highest BCUT2D eigenvalue weighted by atomic mass is 31.2. The first-order valence-corrected chi connectivity index (χ1v) is 24.5. The quantitative estimate of drug-likeness (QED) is 0.0234. The zero-order chi connectivity index (χ0) is 43.3. The van der Waals surface area contributed by atoms with Crippen LogP contribution in [-0.4, -0.2) is 60.5 Å². The summed E-state index contributed by atoms with van der Waals surface area (Å²) in [4.78, 5) is 33.6. The molecule has 4 N–H and O–H groups in total. The number of rotatable bonds is 43. The number of aliphatic carboxylic acids is 1. The summed E-state index contributed by atoms with van der Waals surface area (Å²) < 4.78 is 33.4. The Labute approximate surface area is 359 Å². The Morgan fingerprint density at radius 2 is 0.983 bits per heavy atom. The van der Waals surface area contributed by atoms with Crippen LogP contribution in [0, 0.1) is 0 Å². The topological polar surface area (TPSA) is 155 Å². The molecule has 10 nitrogen and oxygen atoms in total. The molecule has 0 aliphatic heterocycles. The van der Waals surface area contributed by atoms with Gasteiger partial charge in [0.1, 0.15) is 12.1 Å². The number of nitrogens with two attached hydrogens (primary N) is 1. The molecule has 59 heavy (non-hydrogen) atoms. The van der Waals surface area contributed by atoms with Gasteiger partial charge in [0.2, 0.25) is 0 Å². The van der Waals surface area contributed by atoms with Gasteiger partial charge in [-0.3, -0.25) is 18.6 Å². The summed E-state index contributed by atoms with van der Waals surface area (Å²) in [6.45, 7) is 3.71. The van der Waals surface area contributed by atoms with Crippen molar-refractivity contribution in [2.45, 2.75) is 193 Å². The molecule has 3 atom stereocenters. The maximum absolute atomic E-state index is 12.7. The molecule has 0 aromatic heterocycles. The van der Waals surface area contributed by atoms with Crippen LogP contribution in [0.1, 0.15) is 181 Å². The zero-order valence-corrected chi connectivity index (χ0v) is 38.0. The zero-order valence-electron chi connectivity index (χ0n) is 37.1. The van der Waals surface area contributed by atoms with Gasteiger partial charge >= 0.3 is 19.8 Å². The van der Waals surface area contributed by atoms with Crippen molar-refractivity contribution in [2.24, 2.45) is 5.73 Å². The van der Waals surface area contributed by atoms with Crippen LogP contribution in [0.2, 0.25) is 0 Å². The lowest BCUT2D eigenvalue weighted by Gasteiger charge is -2.20. The van der Waals surface area contributed by atoms with E-state index in [1.807, 2.05) is 0 Å². The Kier molecular flexibility index (Phi) is 41.6. The average Bonchev–Trinajstić information content (AvgIpc) is 3.21. The van der Waals surface area contributed by atoms with Crippen molar-refractivity contribution < 1.29 is 42.7 Å². The SMILES string of the molecule is CC/C=C\C/C=C\C/C=C\CCCCCCCCCCOCC(COP(=O)(O)OCC(N)C(=O)O)OC(=O)CCCCCCCC/C=C\C/C=C\C/C=C\CCCCC. The van der Waals surface area contributed by atoms with Crippen molar-refractivity contribution in [1.29, 1.82) is 0 Å². The molecule has 3 unspecified atom stereocenters. The fourth-order valence-corrected chi connectivity index (χ4v) is 6.70. The monoisotopic (exact) mass is 850 g/mol. The highest BCUT2D eigenvalue weighted by molar-refractivity contribution is 7.47. The van der Waals surface area contributed by atoms with Gasteiger partial charge in [0.25, 0.3) is 0 Å². The van der Waals surface area contributed by atoms with Gasteiger partial charge in [-0.15, -0.1) is 0 Å². The van der Waals surface area contributed by atoms with E-state index in [1.54, 1.807) is 0 Å². The van der Waals surface area contributed by atoms with E-state index in [2.05, 4.69) is 86.8 Å². The second-order valence-electron chi connectivity index (χ2n) is 15.1. The number of carbonyl (C=O) groups excluding carboxylic acids is 1. The molecule has 0 fully saturated rings. The first-order valence-electron chi connectivity index (χ1n) is 23.0. The molecule has 0 spiro atoms. The number of esters is 1. The molecule has 0 amide bonds. The first-order chi connectivity index (χ1) is 28.7. The second kappa shape index (κ2) is 43.5. The lowest BCUT2D eigenvalue weighted by atomic mass is 10.1. The third-order valence-corrected chi connectivity index (χ3v) is 10.4. The van der Waals surface area contributed by atoms with Crippen molar-refractivity contribution >= 4 is 19.8 Å². The van der Waals surface area contributed by atoms with Gasteiger partial charge < -0.3 is 25.2 Å². The number of carboxylic acid groups (broad SMARTS) is 1. The van der Waals surface area contributed by atoms with Crippen molar-refractivity contribution in [1.82, 2.24) is 0 Å². The maximum atomic E-state index is 12.7. The number of hydrogen-bond acceptors (Lipinski definition) is 8. The van der Waals surface area contributed by atoms with Crippen LogP contribution in [-0.2, 0) is 32.7 Å². The Bertz CT molecular complexity index is 1210. The second-order valence-corrected chi connectivity index (χ2v) is 16.6. The molecular weight excluding hydrogens is 765 g/mol. The lowest BCUT2D eigenvalue weighted by molar-refractivity contribution is -0.154. The van der Waals surface area contributed by atoms with Crippen molar-refractivity contribution in [2.75, 3.05) is 26.4 Å². The molecule has 0 aromatic rings. The summed E-state index contributed by atoms with van der Waals surface area (Å²) in [5.41, 5.74) is 5.36. The van der Waals surface area contributed by atoms with Gasteiger partial charge in [-0.05, 0) is 83.5 Å². The van der Waals surface area contributed by atoms with Crippen LogP contribution in [0.4, 0.5) is 0 Å². The predicted octanol–water partition coefficient (Wildman–Crippen LogP) is 13.0. The third-order valence-electron chi connectivity index (χ3n) is 9.47. The molecule has 0 aliphatic rings. The highest BCUT2D eigenvalue weighted by Gasteiger charge is 2.27. The number of unbranched alkanes of at least 4 members (excludes halogenated alkanes) is 17. The van der Waals surface area contributed by atoms with Crippen LogP contribution in [0.3, 0.4) is 0 Å². The Morgan fingerprint density at radius 3 is 1.47 bits per heavy atom. The maximum Gasteiger partial charge on any atom is 0.472 e. The highest BCUT2D eigenvalue weighted by Crippen LogP contribution is 2.43. The first kappa shape index (κ1) is 56.4. The molecule has 11 heteroatoms. The van der Waals surface area contributed by atoms with Crippen molar-refractivity contribution in [3.8, 4) is 0 Å².